The van der Waals surface area contributed by atoms with Crippen LogP contribution in [-0.2, 0) is 0 Å². The molecular weight excluding hydrogens is 274 g/mol. The zero-order valence-corrected chi connectivity index (χ0v) is 11.7. The van der Waals surface area contributed by atoms with Gasteiger partial charge in [0.2, 0.25) is 0 Å². The molecule has 0 radical (unpaired) electrons. The summed E-state index contributed by atoms with van der Waals surface area (Å²) in [5.41, 5.74) is 2.19. The molecule has 2 N–H and O–H groups in total. The number of urea groups is 1. The molecule has 1 heterocycles. The van der Waals surface area contributed by atoms with Gasteiger partial charge in [-0.1, -0.05) is 35.9 Å². The lowest BCUT2D eigenvalue weighted by molar-refractivity contribution is 0.255. The molecule has 0 bridgehead atoms. The molecule has 0 aliphatic heterocycles. The summed E-state index contributed by atoms with van der Waals surface area (Å²) in [5.74, 6) is 0.402. The maximum absolute atomic E-state index is 11.6. The lowest BCUT2D eigenvalue weighted by Crippen LogP contribution is -2.24. The summed E-state index contributed by atoms with van der Waals surface area (Å²) in [6.45, 7) is 2.01. The second-order valence-corrected chi connectivity index (χ2v) is 4.58. The second kappa shape index (κ2) is 6.73. The molecule has 102 valence electrons. The van der Waals surface area contributed by atoms with Crippen molar-refractivity contribution < 1.29 is 4.79 Å². The maximum Gasteiger partial charge on any atom is 0.324 e. The highest BCUT2D eigenvalue weighted by Gasteiger charge is 2.00. The van der Waals surface area contributed by atoms with Gasteiger partial charge in [-0.3, -0.25) is 5.32 Å². The number of nitrogens with one attached hydrogen (secondary N) is 2. The molecule has 5 heteroatoms. The summed E-state index contributed by atoms with van der Waals surface area (Å²) < 4.78 is 0. The molecule has 0 unspecified atom stereocenters. The first kappa shape index (κ1) is 14.1. The van der Waals surface area contributed by atoms with Crippen LogP contribution in [0.1, 0.15) is 11.1 Å². The minimum Gasteiger partial charge on any atom is -0.314 e. The Bertz CT molecular complexity index is 641. The minimum absolute atomic E-state index is 0.371. The number of carbonyl (C=O) groups is 1. The van der Waals surface area contributed by atoms with Gasteiger partial charge in [-0.15, -0.1) is 0 Å². The van der Waals surface area contributed by atoms with Crippen molar-refractivity contribution in [2.45, 2.75) is 6.92 Å². The van der Waals surface area contributed by atoms with Crippen molar-refractivity contribution in [3.63, 3.8) is 0 Å². The van der Waals surface area contributed by atoms with Crippen LogP contribution < -0.4 is 10.6 Å². The molecule has 2 amide bonds. The Labute approximate surface area is 122 Å². The van der Waals surface area contributed by atoms with E-state index in [1.165, 1.54) is 6.20 Å². The number of halogens is 1. The molecular formula is C15H14ClN3O. The third-order valence-corrected chi connectivity index (χ3v) is 2.86. The van der Waals surface area contributed by atoms with Crippen molar-refractivity contribution in [1.29, 1.82) is 0 Å². The first-order valence-electron chi connectivity index (χ1n) is 6.06. The van der Waals surface area contributed by atoms with E-state index in [-0.39, 0.29) is 6.03 Å². The predicted molar refractivity (Wildman–Crippen MR) is 81.6 cm³/mol. The Morgan fingerprint density at radius 1 is 1.30 bits per heavy atom. The van der Waals surface area contributed by atoms with E-state index < -0.39 is 0 Å². The predicted octanol–water partition coefficient (Wildman–Crippen LogP) is 3.84. The van der Waals surface area contributed by atoms with E-state index in [2.05, 4.69) is 15.6 Å². The molecule has 0 spiro atoms. The van der Waals surface area contributed by atoms with Crippen LogP contribution in [-0.4, -0.2) is 11.0 Å². The first-order valence-corrected chi connectivity index (χ1v) is 6.44. The lowest BCUT2D eigenvalue weighted by atomic mass is 10.1. The molecule has 0 saturated heterocycles. The zero-order chi connectivity index (χ0) is 14.4. The lowest BCUT2D eigenvalue weighted by Gasteiger charge is -2.04. The molecule has 0 atom stereocenters. The van der Waals surface area contributed by atoms with Crippen molar-refractivity contribution >= 4 is 29.5 Å². The molecule has 2 rings (SSSR count). The van der Waals surface area contributed by atoms with Gasteiger partial charge in [-0.25, -0.2) is 9.78 Å². The van der Waals surface area contributed by atoms with Gasteiger partial charge in [0, 0.05) is 17.4 Å². The van der Waals surface area contributed by atoms with E-state index in [0.717, 1.165) is 11.1 Å². The Kier molecular flexibility index (Phi) is 4.74. The van der Waals surface area contributed by atoms with Gasteiger partial charge in [0.1, 0.15) is 5.82 Å². The minimum atomic E-state index is -0.371. The van der Waals surface area contributed by atoms with Gasteiger partial charge < -0.3 is 5.32 Å². The van der Waals surface area contributed by atoms with Gasteiger partial charge in [-0.2, -0.15) is 0 Å². The molecule has 0 fully saturated rings. The van der Waals surface area contributed by atoms with Crippen molar-refractivity contribution in [2.24, 2.45) is 0 Å². The average molecular weight is 288 g/mol. The Morgan fingerprint density at radius 2 is 2.10 bits per heavy atom. The third-order valence-electron chi connectivity index (χ3n) is 2.63. The quantitative estimate of drug-likeness (QED) is 0.901. The van der Waals surface area contributed by atoms with Crippen LogP contribution in [0.5, 0.6) is 0 Å². The standard InChI is InChI=1S/C15H14ClN3O/c1-11-4-2-3-5-12(11)6-8-18-15(20)19-14-10-13(16)7-9-17-14/h2-10H,1H3,(H2,17,18,19,20)/b8-6+. The van der Waals surface area contributed by atoms with E-state index in [9.17, 15) is 4.79 Å². The van der Waals surface area contributed by atoms with Crippen molar-refractivity contribution in [3.05, 3.63) is 64.9 Å². The fraction of sp³-hybridized carbons (Fsp3) is 0.0667. The van der Waals surface area contributed by atoms with Crippen molar-refractivity contribution in [1.82, 2.24) is 10.3 Å². The van der Waals surface area contributed by atoms with Crippen LogP contribution >= 0.6 is 11.6 Å². The third kappa shape index (κ3) is 4.10. The Morgan fingerprint density at radius 3 is 2.85 bits per heavy atom. The van der Waals surface area contributed by atoms with Gasteiger partial charge in [0.05, 0.1) is 0 Å². The summed E-state index contributed by atoms with van der Waals surface area (Å²) in [6, 6.07) is 10.7. The highest BCUT2D eigenvalue weighted by molar-refractivity contribution is 6.30. The van der Waals surface area contributed by atoms with E-state index in [4.69, 9.17) is 11.6 Å². The fourth-order valence-corrected chi connectivity index (χ4v) is 1.77. The number of carbonyl (C=O) groups excluding carboxylic acids is 1. The molecule has 0 saturated carbocycles. The van der Waals surface area contributed by atoms with Crippen molar-refractivity contribution in [3.8, 4) is 0 Å². The normalized spacial score (nSPS) is 10.5. The first-order chi connectivity index (χ1) is 9.65. The highest BCUT2D eigenvalue weighted by Crippen LogP contribution is 2.11. The number of hydrogen-bond donors (Lipinski definition) is 2. The number of aromatic nitrogens is 1. The number of pyridine rings is 1. The molecule has 2 aromatic rings. The summed E-state index contributed by atoms with van der Waals surface area (Å²) >= 11 is 5.80. The number of anilines is 1. The van der Waals surface area contributed by atoms with Crippen LogP contribution in [0.25, 0.3) is 6.08 Å². The van der Waals surface area contributed by atoms with Gasteiger partial charge in [0.15, 0.2) is 0 Å². The number of aryl methyl sites for hydroxylation is 1. The highest BCUT2D eigenvalue weighted by atomic mass is 35.5. The molecule has 0 aliphatic carbocycles. The Hall–Kier alpha value is -2.33. The van der Waals surface area contributed by atoms with E-state index >= 15 is 0 Å². The van der Waals surface area contributed by atoms with Crippen molar-refractivity contribution in [2.75, 3.05) is 5.32 Å². The Balaban J connectivity index is 1.91. The number of rotatable bonds is 3. The van der Waals surface area contributed by atoms with Gasteiger partial charge >= 0.3 is 6.03 Å². The van der Waals surface area contributed by atoms with Crippen LogP contribution in [0, 0.1) is 6.92 Å². The average Bonchev–Trinajstić information content (AvgIpc) is 2.41. The zero-order valence-electron chi connectivity index (χ0n) is 10.9. The topological polar surface area (TPSA) is 54.0 Å². The SMILES string of the molecule is Cc1ccccc1/C=C/NC(=O)Nc1cc(Cl)ccn1. The second-order valence-electron chi connectivity index (χ2n) is 4.15. The smallest absolute Gasteiger partial charge is 0.314 e. The molecule has 20 heavy (non-hydrogen) atoms. The number of benzene rings is 1. The largest absolute Gasteiger partial charge is 0.324 e. The van der Waals surface area contributed by atoms with E-state index in [1.54, 1.807) is 18.3 Å². The summed E-state index contributed by atoms with van der Waals surface area (Å²) in [7, 11) is 0. The summed E-state index contributed by atoms with van der Waals surface area (Å²) in [6.07, 6.45) is 4.95. The number of nitrogens with zero attached hydrogens (tertiary/aromatic N) is 1. The van der Waals surface area contributed by atoms with Crippen LogP contribution in [0.2, 0.25) is 5.02 Å². The molecule has 0 aliphatic rings. The van der Waals surface area contributed by atoms with E-state index in [1.807, 2.05) is 37.3 Å². The van der Waals surface area contributed by atoms with Gasteiger partial charge in [0.25, 0.3) is 0 Å². The fourth-order valence-electron chi connectivity index (χ4n) is 1.61. The van der Waals surface area contributed by atoms with Crippen LogP contribution in [0.15, 0.2) is 48.8 Å². The number of hydrogen-bond acceptors (Lipinski definition) is 2. The van der Waals surface area contributed by atoms with E-state index in [0.29, 0.717) is 10.8 Å². The number of amides is 2. The monoisotopic (exact) mass is 287 g/mol. The summed E-state index contributed by atoms with van der Waals surface area (Å²) in [4.78, 5) is 15.6. The maximum atomic E-state index is 11.6. The van der Waals surface area contributed by atoms with Crippen LogP contribution in [0.4, 0.5) is 10.6 Å². The summed E-state index contributed by atoms with van der Waals surface area (Å²) in [5, 5.41) is 5.72. The molecule has 4 nitrogen and oxygen atoms in total. The van der Waals surface area contributed by atoms with Gasteiger partial charge in [-0.05, 0) is 36.3 Å². The van der Waals surface area contributed by atoms with Crippen LogP contribution in [0.3, 0.4) is 0 Å². The molecule has 1 aromatic heterocycles. The molecule has 1 aromatic carbocycles.